The molecule has 1 aliphatic rings. The van der Waals surface area contributed by atoms with E-state index in [0.717, 1.165) is 43.1 Å². The third-order valence-electron chi connectivity index (χ3n) is 3.52. The minimum atomic E-state index is -0.0296. The summed E-state index contributed by atoms with van der Waals surface area (Å²) < 4.78 is 0.606. The Labute approximate surface area is 110 Å². The molecule has 1 aromatic heterocycles. The van der Waals surface area contributed by atoms with Crippen LogP contribution in [0.1, 0.15) is 57.0 Å². The fourth-order valence-electron chi connectivity index (χ4n) is 2.58. The SMILES string of the molecule is CCCc1nc(C2CCC(C)C2)[nH]c(=O)c1Br. The van der Waals surface area contributed by atoms with Gasteiger partial charge in [0.2, 0.25) is 0 Å². The van der Waals surface area contributed by atoms with E-state index in [0.29, 0.717) is 10.4 Å². The van der Waals surface area contributed by atoms with Crippen LogP contribution < -0.4 is 5.56 Å². The van der Waals surface area contributed by atoms with Gasteiger partial charge in [-0.05, 0) is 47.5 Å². The Morgan fingerprint density at radius 1 is 1.47 bits per heavy atom. The summed E-state index contributed by atoms with van der Waals surface area (Å²) in [6.45, 7) is 4.37. The minimum absolute atomic E-state index is 0.0296. The number of hydrogen-bond donors (Lipinski definition) is 1. The Hall–Kier alpha value is -0.640. The van der Waals surface area contributed by atoms with Crippen LogP contribution >= 0.6 is 15.9 Å². The summed E-state index contributed by atoms with van der Waals surface area (Å²) in [7, 11) is 0. The zero-order valence-corrected chi connectivity index (χ0v) is 12.0. The maximum Gasteiger partial charge on any atom is 0.265 e. The highest BCUT2D eigenvalue weighted by Gasteiger charge is 2.25. The molecule has 1 heterocycles. The summed E-state index contributed by atoms with van der Waals surface area (Å²) in [6, 6.07) is 0. The molecule has 0 aliphatic heterocycles. The molecule has 2 atom stereocenters. The van der Waals surface area contributed by atoms with E-state index in [-0.39, 0.29) is 5.56 Å². The average Bonchev–Trinajstić information content (AvgIpc) is 2.71. The molecule has 1 N–H and O–H groups in total. The minimum Gasteiger partial charge on any atom is -0.309 e. The van der Waals surface area contributed by atoms with Crippen molar-refractivity contribution in [3.63, 3.8) is 0 Å². The van der Waals surface area contributed by atoms with Gasteiger partial charge in [-0.25, -0.2) is 4.98 Å². The zero-order chi connectivity index (χ0) is 12.4. The molecule has 0 bridgehead atoms. The zero-order valence-electron chi connectivity index (χ0n) is 10.4. The van der Waals surface area contributed by atoms with Crippen LogP contribution in [0.3, 0.4) is 0 Å². The van der Waals surface area contributed by atoms with E-state index in [9.17, 15) is 4.79 Å². The van der Waals surface area contributed by atoms with Crippen molar-refractivity contribution in [1.29, 1.82) is 0 Å². The Morgan fingerprint density at radius 3 is 2.82 bits per heavy atom. The maximum atomic E-state index is 11.8. The molecule has 0 aromatic carbocycles. The second kappa shape index (κ2) is 5.34. The number of nitrogens with zero attached hydrogens (tertiary/aromatic N) is 1. The molecule has 2 rings (SSSR count). The lowest BCUT2D eigenvalue weighted by molar-refractivity contribution is 0.581. The van der Waals surface area contributed by atoms with Crippen LogP contribution in [0.4, 0.5) is 0 Å². The van der Waals surface area contributed by atoms with E-state index in [2.05, 4.69) is 39.7 Å². The Balaban J connectivity index is 2.32. The number of rotatable bonds is 3. The molecule has 0 spiro atoms. The predicted molar refractivity (Wildman–Crippen MR) is 72.3 cm³/mol. The lowest BCUT2D eigenvalue weighted by Crippen LogP contribution is -2.17. The molecule has 0 saturated heterocycles. The first-order valence-electron chi connectivity index (χ1n) is 6.40. The Kier molecular flexibility index (Phi) is 4.02. The van der Waals surface area contributed by atoms with Gasteiger partial charge in [0.1, 0.15) is 10.3 Å². The predicted octanol–water partition coefficient (Wildman–Crippen LogP) is 3.39. The van der Waals surface area contributed by atoms with E-state index in [1.165, 1.54) is 6.42 Å². The molecule has 4 heteroatoms. The Bertz CT molecular complexity index is 455. The largest absolute Gasteiger partial charge is 0.309 e. The van der Waals surface area contributed by atoms with Gasteiger partial charge in [0.25, 0.3) is 5.56 Å². The molecule has 2 unspecified atom stereocenters. The van der Waals surface area contributed by atoms with E-state index in [1.807, 2.05) is 0 Å². The second-order valence-corrected chi connectivity index (χ2v) is 5.87. The van der Waals surface area contributed by atoms with E-state index < -0.39 is 0 Å². The summed E-state index contributed by atoms with van der Waals surface area (Å²) >= 11 is 3.33. The molecule has 94 valence electrons. The van der Waals surface area contributed by atoms with Crippen molar-refractivity contribution in [1.82, 2.24) is 9.97 Å². The monoisotopic (exact) mass is 298 g/mol. The average molecular weight is 299 g/mol. The maximum absolute atomic E-state index is 11.8. The molecule has 1 aromatic rings. The number of nitrogens with one attached hydrogen (secondary N) is 1. The standard InChI is InChI=1S/C13H19BrN2O/c1-3-4-10-11(14)13(17)16-12(15-10)9-6-5-8(2)7-9/h8-9H,3-7H2,1-2H3,(H,15,16,17). The van der Waals surface area contributed by atoms with Gasteiger partial charge in [0.05, 0.1) is 5.69 Å². The molecule has 17 heavy (non-hydrogen) atoms. The normalized spacial score (nSPS) is 24.2. The fourth-order valence-corrected chi connectivity index (χ4v) is 2.96. The van der Waals surface area contributed by atoms with Crippen molar-refractivity contribution in [2.75, 3.05) is 0 Å². The highest BCUT2D eigenvalue weighted by molar-refractivity contribution is 9.10. The van der Waals surface area contributed by atoms with Crippen LogP contribution in [-0.2, 0) is 6.42 Å². The molecule has 0 amide bonds. The highest BCUT2D eigenvalue weighted by atomic mass is 79.9. The van der Waals surface area contributed by atoms with Crippen LogP contribution in [0.2, 0.25) is 0 Å². The number of aromatic amines is 1. The number of halogens is 1. The highest BCUT2D eigenvalue weighted by Crippen LogP contribution is 2.36. The van der Waals surface area contributed by atoms with E-state index in [4.69, 9.17) is 0 Å². The molecule has 1 saturated carbocycles. The van der Waals surface area contributed by atoms with Gasteiger partial charge in [-0.3, -0.25) is 4.79 Å². The van der Waals surface area contributed by atoms with E-state index >= 15 is 0 Å². The number of H-pyrrole nitrogens is 1. The van der Waals surface area contributed by atoms with Crippen molar-refractivity contribution in [2.24, 2.45) is 5.92 Å². The summed E-state index contributed by atoms with van der Waals surface area (Å²) in [6.07, 6.45) is 5.41. The molecular weight excluding hydrogens is 280 g/mol. The smallest absolute Gasteiger partial charge is 0.265 e. The van der Waals surface area contributed by atoms with Crippen LogP contribution in [0.5, 0.6) is 0 Å². The van der Waals surface area contributed by atoms with Crippen LogP contribution in [0, 0.1) is 5.92 Å². The topological polar surface area (TPSA) is 45.8 Å². The van der Waals surface area contributed by atoms with Gasteiger partial charge in [-0.1, -0.05) is 20.3 Å². The summed E-state index contributed by atoms with van der Waals surface area (Å²) in [5.74, 6) is 2.09. The van der Waals surface area contributed by atoms with Gasteiger partial charge in [-0.15, -0.1) is 0 Å². The first kappa shape index (κ1) is 12.8. The molecule has 3 nitrogen and oxygen atoms in total. The number of aromatic nitrogens is 2. The fraction of sp³-hybridized carbons (Fsp3) is 0.692. The van der Waals surface area contributed by atoms with Gasteiger partial charge in [0.15, 0.2) is 0 Å². The third kappa shape index (κ3) is 2.79. The van der Waals surface area contributed by atoms with E-state index in [1.54, 1.807) is 0 Å². The second-order valence-electron chi connectivity index (χ2n) is 5.08. The van der Waals surface area contributed by atoms with Crippen LogP contribution in [0.15, 0.2) is 9.27 Å². The van der Waals surface area contributed by atoms with Crippen molar-refractivity contribution < 1.29 is 0 Å². The number of hydrogen-bond acceptors (Lipinski definition) is 2. The van der Waals surface area contributed by atoms with Gasteiger partial charge in [-0.2, -0.15) is 0 Å². The summed E-state index contributed by atoms with van der Waals surface area (Å²) in [5.41, 5.74) is 0.879. The molecule has 1 fully saturated rings. The van der Waals surface area contributed by atoms with Crippen molar-refractivity contribution >= 4 is 15.9 Å². The van der Waals surface area contributed by atoms with Crippen molar-refractivity contribution in [2.45, 2.75) is 51.9 Å². The molecule has 1 aliphatic carbocycles. The van der Waals surface area contributed by atoms with Gasteiger partial charge >= 0.3 is 0 Å². The summed E-state index contributed by atoms with van der Waals surface area (Å²) in [4.78, 5) is 19.4. The number of aryl methyl sites for hydroxylation is 1. The third-order valence-corrected chi connectivity index (χ3v) is 4.34. The molecular formula is C13H19BrN2O. The quantitative estimate of drug-likeness (QED) is 0.930. The van der Waals surface area contributed by atoms with Crippen molar-refractivity contribution in [3.05, 3.63) is 26.3 Å². The molecule has 0 radical (unpaired) electrons. The van der Waals surface area contributed by atoms with Crippen LogP contribution in [-0.4, -0.2) is 9.97 Å². The lowest BCUT2D eigenvalue weighted by Gasteiger charge is -2.11. The first-order valence-corrected chi connectivity index (χ1v) is 7.19. The van der Waals surface area contributed by atoms with Gasteiger partial charge in [0, 0.05) is 5.92 Å². The van der Waals surface area contributed by atoms with Crippen molar-refractivity contribution in [3.8, 4) is 0 Å². The first-order chi connectivity index (χ1) is 8.11. The van der Waals surface area contributed by atoms with Gasteiger partial charge < -0.3 is 4.98 Å². The summed E-state index contributed by atoms with van der Waals surface area (Å²) in [5, 5.41) is 0. The lowest BCUT2D eigenvalue weighted by atomic mass is 10.1. The Morgan fingerprint density at radius 2 is 2.24 bits per heavy atom. The van der Waals surface area contributed by atoms with Crippen LogP contribution in [0.25, 0.3) is 0 Å².